The van der Waals surface area contributed by atoms with Crippen LogP contribution in [-0.2, 0) is 5.75 Å². The summed E-state index contributed by atoms with van der Waals surface area (Å²) < 4.78 is 0. The van der Waals surface area contributed by atoms with Crippen LogP contribution >= 0.6 is 12.6 Å². The molecule has 4 heteroatoms. The molecule has 1 aliphatic carbocycles. The van der Waals surface area contributed by atoms with Crippen molar-refractivity contribution in [3.8, 4) is 0 Å². The quantitative estimate of drug-likeness (QED) is 0.574. The maximum Gasteiger partial charge on any atom is 0.251 e. The zero-order valence-corrected chi connectivity index (χ0v) is 14.5. The van der Waals surface area contributed by atoms with Crippen molar-refractivity contribution in [2.24, 2.45) is 0 Å². The molecule has 1 fully saturated rings. The lowest BCUT2D eigenvalue weighted by atomic mass is 10.1. The van der Waals surface area contributed by atoms with Gasteiger partial charge in [-0.2, -0.15) is 12.6 Å². The zero-order valence-electron chi connectivity index (χ0n) is 13.6. The van der Waals surface area contributed by atoms with Crippen molar-refractivity contribution < 1.29 is 4.79 Å². The van der Waals surface area contributed by atoms with Crippen molar-refractivity contribution in [2.45, 2.75) is 69.8 Å². The van der Waals surface area contributed by atoms with Gasteiger partial charge in [0.2, 0.25) is 0 Å². The van der Waals surface area contributed by atoms with E-state index >= 15 is 0 Å². The van der Waals surface area contributed by atoms with Gasteiger partial charge in [0.1, 0.15) is 0 Å². The zero-order chi connectivity index (χ0) is 15.9. The highest BCUT2D eigenvalue weighted by atomic mass is 32.1. The molecule has 2 atom stereocenters. The number of nitrogens with one attached hydrogen (secondary N) is 2. The summed E-state index contributed by atoms with van der Waals surface area (Å²) in [6, 6.07) is 9.15. The average molecular weight is 321 g/mol. The Kier molecular flexibility index (Phi) is 6.77. The van der Waals surface area contributed by atoms with Gasteiger partial charge >= 0.3 is 0 Å². The van der Waals surface area contributed by atoms with Crippen LogP contribution in [0, 0.1) is 0 Å². The molecule has 2 rings (SSSR count). The number of carbonyl (C=O) groups is 1. The number of rotatable bonds is 5. The Morgan fingerprint density at radius 1 is 1.23 bits per heavy atom. The van der Waals surface area contributed by atoms with E-state index in [1.165, 1.54) is 12.8 Å². The van der Waals surface area contributed by atoms with Gasteiger partial charge in [0, 0.05) is 29.4 Å². The molecule has 0 radical (unpaired) electrons. The molecule has 22 heavy (non-hydrogen) atoms. The van der Waals surface area contributed by atoms with Gasteiger partial charge in [-0.25, -0.2) is 0 Å². The minimum Gasteiger partial charge on any atom is -0.349 e. The number of carbonyl (C=O) groups excluding carboxylic acids is 1. The highest BCUT2D eigenvalue weighted by Crippen LogP contribution is 2.19. The van der Waals surface area contributed by atoms with Gasteiger partial charge in [-0.15, -0.1) is 0 Å². The van der Waals surface area contributed by atoms with Gasteiger partial charge < -0.3 is 10.6 Å². The topological polar surface area (TPSA) is 41.1 Å². The van der Waals surface area contributed by atoms with Crippen LogP contribution in [0.5, 0.6) is 0 Å². The van der Waals surface area contributed by atoms with E-state index < -0.39 is 0 Å². The first-order valence-electron chi connectivity index (χ1n) is 8.35. The Morgan fingerprint density at radius 3 is 2.68 bits per heavy atom. The lowest BCUT2D eigenvalue weighted by molar-refractivity contribution is 0.0933. The Balaban J connectivity index is 1.88. The molecule has 122 valence electrons. The molecule has 1 amide bonds. The van der Waals surface area contributed by atoms with E-state index in [4.69, 9.17) is 0 Å². The molecule has 1 saturated carbocycles. The molecule has 0 heterocycles. The monoisotopic (exact) mass is 320 g/mol. The van der Waals surface area contributed by atoms with Gasteiger partial charge in [-0.05, 0) is 49.8 Å². The fourth-order valence-electron chi connectivity index (χ4n) is 3.16. The molecule has 0 spiro atoms. The summed E-state index contributed by atoms with van der Waals surface area (Å²) in [5.74, 6) is 0.705. The predicted molar refractivity (Wildman–Crippen MR) is 95.5 cm³/mol. The van der Waals surface area contributed by atoms with Crippen molar-refractivity contribution in [2.75, 3.05) is 0 Å². The minimum absolute atomic E-state index is 0.0453. The van der Waals surface area contributed by atoms with Gasteiger partial charge in [0.15, 0.2) is 0 Å². The normalized spacial score (nSPS) is 22.4. The third-order valence-electron chi connectivity index (χ3n) is 4.24. The third-order valence-corrected chi connectivity index (χ3v) is 4.61. The van der Waals surface area contributed by atoms with E-state index in [0.29, 0.717) is 23.9 Å². The van der Waals surface area contributed by atoms with Crippen LogP contribution in [0.4, 0.5) is 0 Å². The van der Waals surface area contributed by atoms with Crippen LogP contribution in [-0.4, -0.2) is 24.0 Å². The number of hydrogen-bond acceptors (Lipinski definition) is 3. The molecular formula is C18H28N2OS. The van der Waals surface area contributed by atoms with Crippen LogP contribution in [0.3, 0.4) is 0 Å². The number of benzene rings is 1. The summed E-state index contributed by atoms with van der Waals surface area (Å²) in [5, 5.41) is 6.83. The van der Waals surface area contributed by atoms with E-state index in [-0.39, 0.29) is 5.91 Å². The molecular weight excluding hydrogens is 292 g/mol. The molecule has 0 aliphatic heterocycles. The summed E-state index contributed by atoms with van der Waals surface area (Å²) in [6.45, 7) is 4.39. The first-order chi connectivity index (χ1) is 10.6. The number of thiol groups is 1. The highest BCUT2D eigenvalue weighted by Gasteiger charge is 2.21. The summed E-state index contributed by atoms with van der Waals surface area (Å²) in [6.07, 6.45) is 5.65. The van der Waals surface area contributed by atoms with Crippen LogP contribution < -0.4 is 10.6 Å². The van der Waals surface area contributed by atoms with Crippen molar-refractivity contribution in [1.82, 2.24) is 10.6 Å². The van der Waals surface area contributed by atoms with Gasteiger partial charge in [-0.3, -0.25) is 4.79 Å². The van der Waals surface area contributed by atoms with E-state index in [0.717, 1.165) is 30.4 Å². The van der Waals surface area contributed by atoms with Crippen LogP contribution in [0.15, 0.2) is 24.3 Å². The smallest absolute Gasteiger partial charge is 0.251 e. The fourth-order valence-corrected chi connectivity index (χ4v) is 3.36. The second-order valence-corrected chi connectivity index (χ2v) is 6.87. The van der Waals surface area contributed by atoms with E-state index in [9.17, 15) is 4.79 Å². The summed E-state index contributed by atoms with van der Waals surface area (Å²) in [5.41, 5.74) is 1.82. The average Bonchev–Trinajstić information content (AvgIpc) is 2.72. The predicted octanol–water partition coefficient (Wildman–Crippen LogP) is 3.55. The van der Waals surface area contributed by atoms with Crippen molar-refractivity contribution in [3.63, 3.8) is 0 Å². The third kappa shape index (κ3) is 5.33. The number of hydrogen-bond donors (Lipinski definition) is 3. The molecule has 2 unspecified atom stereocenters. The summed E-state index contributed by atoms with van der Waals surface area (Å²) in [7, 11) is 0. The van der Waals surface area contributed by atoms with Crippen molar-refractivity contribution in [1.29, 1.82) is 0 Å². The van der Waals surface area contributed by atoms with E-state index in [1.807, 2.05) is 24.3 Å². The molecule has 1 aromatic carbocycles. The molecule has 0 bridgehead atoms. The Bertz CT molecular complexity index is 490. The van der Waals surface area contributed by atoms with E-state index in [2.05, 4.69) is 37.1 Å². The van der Waals surface area contributed by atoms with Crippen LogP contribution in [0.25, 0.3) is 0 Å². The van der Waals surface area contributed by atoms with Gasteiger partial charge in [0.25, 0.3) is 5.91 Å². The maximum absolute atomic E-state index is 12.4. The minimum atomic E-state index is 0.0453. The van der Waals surface area contributed by atoms with Gasteiger partial charge in [-0.1, -0.05) is 26.0 Å². The standard InChI is InChI=1S/C18H28N2OS/c1-13(2)19-16-7-4-8-17(10-9-16)20-18(21)15-6-3-5-14(11-15)12-22/h3,5-6,11,13,16-17,19,22H,4,7-10,12H2,1-2H3,(H,20,21). The maximum atomic E-state index is 12.4. The Morgan fingerprint density at radius 2 is 1.95 bits per heavy atom. The van der Waals surface area contributed by atoms with Crippen molar-refractivity contribution in [3.05, 3.63) is 35.4 Å². The molecule has 3 nitrogen and oxygen atoms in total. The van der Waals surface area contributed by atoms with E-state index in [1.54, 1.807) is 0 Å². The second kappa shape index (κ2) is 8.59. The molecule has 1 aliphatic rings. The Hall–Kier alpha value is -1.00. The molecule has 0 aromatic heterocycles. The first-order valence-corrected chi connectivity index (χ1v) is 8.98. The molecule has 1 aromatic rings. The van der Waals surface area contributed by atoms with Crippen LogP contribution in [0.2, 0.25) is 0 Å². The second-order valence-electron chi connectivity index (χ2n) is 6.56. The Labute approximate surface area is 139 Å². The number of amides is 1. The van der Waals surface area contributed by atoms with Crippen molar-refractivity contribution >= 4 is 18.5 Å². The molecule has 2 N–H and O–H groups in total. The van der Waals surface area contributed by atoms with Crippen LogP contribution in [0.1, 0.15) is 61.9 Å². The summed E-state index contributed by atoms with van der Waals surface area (Å²) >= 11 is 4.27. The fraction of sp³-hybridized carbons (Fsp3) is 0.611. The highest BCUT2D eigenvalue weighted by molar-refractivity contribution is 7.79. The SMILES string of the molecule is CC(C)NC1CCCC(NC(=O)c2cccc(CS)c2)CC1. The molecule has 0 saturated heterocycles. The lowest BCUT2D eigenvalue weighted by Gasteiger charge is -2.20. The first kappa shape index (κ1) is 17.4. The largest absolute Gasteiger partial charge is 0.349 e. The van der Waals surface area contributed by atoms with Gasteiger partial charge in [0.05, 0.1) is 0 Å². The lowest BCUT2D eigenvalue weighted by Crippen LogP contribution is -2.36. The summed E-state index contributed by atoms with van der Waals surface area (Å²) in [4.78, 5) is 12.4.